The second-order valence-corrected chi connectivity index (χ2v) is 7.40. The highest BCUT2D eigenvalue weighted by Gasteiger charge is 2.32. The van der Waals surface area contributed by atoms with Crippen molar-refractivity contribution >= 4 is 6.09 Å². The molecule has 27 heavy (non-hydrogen) atoms. The van der Waals surface area contributed by atoms with E-state index in [0.717, 1.165) is 28.9 Å². The minimum Gasteiger partial charge on any atom is -0.483 e. The molecular weight excluding hydrogens is 342 g/mol. The molecule has 1 aliphatic heterocycles. The predicted octanol–water partition coefficient (Wildman–Crippen LogP) is 5.03. The van der Waals surface area contributed by atoms with E-state index < -0.39 is 6.09 Å². The van der Waals surface area contributed by atoms with Gasteiger partial charge in [-0.25, -0.2) is 4.79 Å². The molecule has 0 aromatic heterocycles. The smallest absolute Gasteiger partial charge is 0.412 e. The van der Waals surface area contributed by atoms with Crippen LogP contribution in [-0.4, -0.2) is 18.7 Å². The number of hydrogen-bond acceptors (Lipinski definition) is 4. The molecule has 1 N–H and O–H groups in total. The number of fused-ring (bicyclic) bond motifs is 1. The highest BCUT2D eigenvalue weighted by Crippen LogP contribution is 2.45. The van der Waals surface area contributed by atoms with E-state index in [2.05, 4.69) is 11.9 Å². The molecule has 0 saturated carbocycles. The predicted molar refractivity (Wildman–Crippen MR) is 105 cm³/mol. The van der Waals surface area contributed by atoms with Crippen molar-refractivity contribution in [3.8, 4) is 23.0 Å². The van der Waals surface area contributed by atoms with Crippen molar-refractivity contribution in [2.75, 3.05) is 7.05 Å². The van der Waals surface area contributed by atoms with Crippen LogP contribution in [0.15, 0.2) is 48.6 Å². The average molecular weight is 367 g/mol. The van der Waals surface area contributed by atoms with Gasteiger partial charge < -0.3 is 19.5 Å². The van der Waals surface area contributed by atoms with Crippen LogP contribution in [0.1, 0.15) is 31.9 Å². The third-order valence-corrected chi connectivity index (χ3v) is 4.23. The van der Waals surface area contributed by atoms with E-state index in [9.17, 15) is 4.79 Å². The van der Waals surface area contributed by atoms with Crippen molar-refractivity contribution in [3.05, 3.63) is 59.7 Å². The maximum atomic E-state index is 11.8. The highest BCUT2D eigenvalue weighted by molar-refractivity contribution is 5.71. The summed E-state index contributed by atoms with van der Waals surface area (Å²) in [6, 6.07) is 11.3. The Kier molecular flexibility index (Phi) is 5.13. The van der Waals surface area contributed by atoms with Crippen molar-refractivity contribution in [3.63, 3.8) is 0 Å². The van der Waals surface area contributed by atoms with Crippen molar-refractivity contribution in [2.24, 2.45) is 0 Å². The maximum absolute atomic E-state index is 11.8. The zero-order valence-corrected chi connectivity index (χ0v) is 16.2. The molecule has 5 heteroatoms. The topological polar surface area (TPSA) is 56.8 Å². The summed E-state index contributed by atoms with van der Waals surface area (Å²) in [4.78, 5) is 11.8. The van der Waals surface area contributed by atoms with Crippen LogP contribution in [0.4, 0.5) is 4.79 Å². The lowest BCUT2D eigenvalue weighted by Crippen LogP contribution is -2.24. The molecule has 2 aromatic rings. The number of ether oxygens (including phenoxy) is 3. The van der Waals surface area contributed by atoms with Crippen LogP contribution in [0.2, 0.25) is 0 Å². The first kappa shape index (κ1) is 18.8. The Balaban J connectivity index is 2.02. The van der Waals surface area contributed by atoms with Gasteiger partial charge in [0.15, 0.2) is 23.0 Å². The van der Waals surface area contributed by atoms with E-state index in [1.54, 1.807) is 6.07 Å². The van der Waals surface area contributed by atoms with Crippen molar-refractivity contribution < 1.29 is 19.0 Å². The first-order valence-electron chi connectivity index (χ1n) is 8.93. The number of benzene rings is 2. The number of amides is 1. The summed E-state index contributed by atoms with van der Waals surface area (Å²) in [5.74, 6) is 2.18. The van der Waals surface area contributed by atoms with Crippen molar-refractivity contribution in [1.29, 1.82) is 0 Å². The second-order valence-electron chi connectivity index (χ2n) is 7.40. The number of nitrogens with one attached hydrogen (secondary N) is 1. The van der Waals surface area contributed by atoms with Gasteiger partial charge in [-0.05, 0) is 39.3 Å². The lowest BCUT2D eigenvalue weighted by atomic mass is 10.0. The van der Waals surface area contributed by atoms with E-state index in [1.165, 1.54) is 7.05 Å². The molecule has 0 fully saturated rings. The summed E-state index contributed by atoms with van der Waals surface area (Å²) < 4.78 is 17.8. The molecule has 0 spiro atoms. The molecule has 142 valence electrons. The largest absolute Gasteiger partial charge is 0.483 e. The standard InChI is InChI=1S/C22H25NO4/c1-14(2)12-15-8-6-10-17(26-21(24)23-5)19(15)25-18-11-7-9-16-13-22(3,4)27-20(16)18/h6-11H,1,12-13H2,2-5H3,(H,23,24). The third-order valence-electron chi connectivity index (χ3n) is 4.23. The Morgan fingerprint density at radius 1 is 1.22 bits per heavy atom. The molecule has 1 aliphatic rings. The maximum Gasteiger partial charge on any atom is 0.412 e. The third kappa shape index (κ3) is 4.25. The van der Waals surface area contributed by atoms with Crippen LogP contribution < -0.4 is 19.5 Å². The number of carbonyl (C=O) groups excluding carboxylic acids is 1. The molecular formula is C22H25NO4. The zero-order chi connectivity index (χ0) is 19.6. The molecule has 0 atom stereocenters. The number of hydrogen-bond donors (Lipinski definition) is 1. The molecule has 0 radical (unpaired) electrons. The summed E-state index contributed by atoms with van der Waals surface area (Å²) in [7, 11) is 1.51. The highest BCUT2D eigenvalue weighted by atomic mass is 16.6. The summed E-state index contributed by atoms with van der Waals surface area (Å²) >= 11 is 0. The fraction of sp³-hybridized carbons (Fsp3) is 0.318. The van der Waals surface area contributed by atoms with Crippen LogP contribution in [0.25, 0.3) is 0 Å². The zero-order valence-electron chi connectivity index (χ0n) is 16.2. The average Bonchev–Trinajstić information content (AvgIpc) is 2.91. The second kappa shape index (κ2) is 7.35. The summed E-state index contributed by atoms with van der Waals surface area (Å²) in [5, 5.41) is 2.46. The van der Waals surface area contributed by atoms with Crippen LogP contribution in [-0.2, 0) is 12.8 Å². The molecule has 0 aliphatic carbocycles. The van der Waals surface area contributed by atoms with Gasteiger partial charge in [-0.1, -0.05) is 36.4 Å². The Bertz CT molecular complexity index is 886. The van der Waals surface area contributed by atoms with Gasteiger partial charge in [-0.15, -0.1) is 0 Å². The summed E-state index contributed by atoms with van der Waals surface area (Å²) in [6.07, 6.45) is 0.874. The Labute approximate surface area is 159 Å². The molecule has 1 amide bonds. The van der Waals surface area contributed by atoms with Gasteiger partial charge in [0, 0.05) is 24.6 Å². The fourth-order valence-electron chi connectivity index (χ4n) is 3.15. The minimum absolute atomic E-state index is 0.277. The Hall–Kier alpha value is -2.95. The molecule has 0 bridgehead atoms. The van der Waals surface area contributed by atoms with Gasteiger partial charge in [-0.3, -0.25) is 0 Å². The van der Waals surface area contributed by atoms with Crippen LogP contribution in [0, 0.1) is 0 Å². The van der Waals surface area contributed by atoms with Gasteiger partial charge in [0.05, 0.1) is 0 Å². The van der Waals surface area contributed by atoms with E-state index in [-0.39, 0.29) is 5.60 Å². The van der Waals surface area contributed by atoms with Crippen molar-refractivity contribution in [2.45, 2.75) is 39.2 Å². The van der Waals surface area contributed by atoms with Gasteiger partial charge in [0.25, 0.3) is 0 Å². The summed E-state index contributed by atoms with van der Waals surface area (Å²) in [6.45, 7) is 10.0. The lowest BCUT2D eigenvalue weighted by Gasteiger charge is -2.19. The molecule has 0 unspecified atom stereocenters. The lowest BCUT2D eigenvalue weighted by molar-refractivity contribution is 0.135. The number of allylic oxidation sites excluding steroid dienone is 1. The quantitative estimate of drug-likeness (QED) is 0.753. The van der Waals surface area contributed by atoms with Crippen LogP contribution in [0.3, 0.4) is 0 Å². The molecule has 3 rings (SSSR count). The molecule has 5 nitrogen and oxygen atoms in total. The first-order chi connectivity index (χ1) is 12.8. The normalized spacial score (nSPS) is 14.1. The van der Waals surface area contributed by atoms with Gasteiger partial charge in [0.1, 0.15) is 5.60 Å². The fourth-order valence-corrected chi connectivity index (χ4v) is 3.15. The number of para-hydroxylation sites is 2. The van der Waals surface area contributed by atoms with E-state index in [0.29, 0.717) is 23.7 Å². The monoisotopic (exact) mass is 367 g/mol. The summed E-state index contributed by atoms with van der Waals surface area (Å²) in [5.41, 5.74) is 2.69. The van der Waals surface area contributed by atoms with Gasteiger partial charge in [-0.2, -0.15) is 0 Å². The number of rotatable bonds is 5. The van der Waals surface area contributed by atoms with Crippen LogP contribution >= 0.6 is 0 Å². The Morgan fingerprint density at radius 2 is 1.93 bits per heavy atom. The minimum atomic E-state index is -0.553. The Morgan fingerprint density at radius 3 is 2.63 bits per heavy atom. The van der Waals surface area contributed by atoms with Crippen molar-refractivity contribution in [1.82, 2.24) is 5.32 Å². The van der Waals surface area contributed by atoms with E-state index in [1.807, 2.05) is 51.1 Å². The molecule has 2 aromatic carbocycles. The van der Waals surface area contributed by atoms with E-state index in [4.69, 9.17) is 14.2 Å². The number of carbonyl (C=O) groups is 1. The SMILES string of the molecule is C=C(C)Cc1cccc(OC(=O)NC)c1Oc1cccc2c1OC(C)(C)C2. The first-order valence-corrected chi connectivity index (χ1v) is 8.93. The molecule has 0 saturated heterocycles. The molecule has 1 heterocycles. The van der Waals surface area contributed by atoms with Gasteiger partial charge in [0.2, 0.25) is 0 Å². The van der Waals surface area contributed by atoms with E-state index >= 15 is 0 Å². The van der Waals surface area contributed by atoms with Gasteiger partial charge >= 0.3 is 6.09 Å². The van der Waals surface area contributed by atoms with Crippen LogP contribution in [0.5, 0.6) is 23.0 Å².